The Labute approximate surface area is 170 Å². The van der Waals surface area contributed by atoms with Crippen LogP contribution in [0.2, 0.25) is 0 Å². The molecule has 0 N–H and O–H groups in total. The summed E-state index contributed by atoms with van der Waals surface area (Å²) in [5.41, 5.74) is 4.10. The topological polar surface area (TPSA) is 32.8 Å². The SMILES string of the molecule is Cl.O=C(c1cc2c(s1)CCC2)N1CCN(Cc2ccc3c(c2)CCO3)CC1. The highest BCUT2D eigenvalue weighted by molar-refractivity contribution is 7.14. The van der Waals surface area contributed by atoms with Crippen LogP contribution in [0.4, 0.5) is 0 Å². The molecule has 3 aliphatic rings. The number of piperazine rings is 1. The van der Waals surface area contributed by atoms with Crippen LogP contribution < -0.4 is 4.74 Å². The number of thiophene rings is 1. The third-order valence-corrected chi connectivity index (χ3v) is 7.00. The lowest BCUT2D eigenvalue weighted by molar-refractivity contribution is 0.0633. The smallest absolute Gasteiger partial charge is 0.264 e. The lowest BCUT2D eigenvalue weighted by Gasteiger charge is -2.34. The number of ether oxygens (including phenoxy) is 1. The van der Waals surface area contributed by atoms with Crippen LogP contribution in [0.5, 0.6) is 5.75 Å². The summed E-state index contributed by atoms with van der Waals surface area (Å²) in [5.74, 6) is 1.28. The Morgan fingerprint density at radius 3 is 2.70 bits per heavy atom. The van der Waals surface area contributed by atoms with Crippen molar-refractivity contribution in [2.75, 3.05) is 32.8 Å². The number of carbonyl (C=O) groups is 1. The molecule has 0 radical (unpaired) electrons. The molecule has 144 valence electrons. The average Bonchev–Trinajstić information content (AvgIpc) is 3.37. The van der Waals surface area contributed by atoms with Crippen LogP contribution in [0.25, 0.3) is 0 Å². The summed E-state index contributed by atoms with van der Waals surface area (Å²) in [7, 11) is 0. The Morgan fingerprint density at radius 1 is 1.04 bits per heavy atom. The lowest BCUT2D eigenvalue weighted by Crippen LogP contribution is -2.48. The molecule has 6 heteroatoms. The van der Waals surface area contributed by atoms with Gasteiger partial charge in [-0.05, 0) is 48.1 Å². The molecule has 2 aliphatic heterocycles. The third kappa shape index (κ3) is 3.73. The molecule has 0 bridgehead atoms. The number of hydrogen-bond donors (Lipinski definition) is 0. The van der Waals surface area contributed by atoms with Crippen LogP contribution in [-0.4, -0.2) is 48.5 Å². The van der Waals surface area contributed by atoms with Gasteiger partial charge in [-0.2, -0.15) is 0 Å². The van der Waals surface area contributed by atoms with Crippen molar-refractivity contribution in [3.63, 3.8) is 0 Å². The fourth-order valence-corrected chi connectivity index (χ4v) is 5.52. The van der Waals surface area contributed by atoms with Crippen molar-refractivity contribution in [3.05, 3.63) is 50.7 Å². The van der Waals surface area contributed by atoms with Crippen LogP contribution in [0.3, 0.4) is 0 Å². The first kappa shape index (κ1) is 18.8. The van der Waals surface area contributed by atoms with Crippen LogP contribution >= 0.6 is 23.7 Å². The zero-order valence-electron chi connectivity index (χ0n) is 15.4. The van der Waals surface area contributed by atoms with E-state index < -0.39 is 0 Å². The van der Waals surface area contributed by atoms with E-state index in [0.717, 1.165) is 69.2 Å². The molecule has 1 aromatic carbocycles. The van der Waals surface area contributed by atoms with Crippen LogP contribution in [0, 0.1) is 0 Å². The van der Waals surface area contributed by atoms with E-state index in [0.29, 0.717) is 0 Å². The summed E-state index contributed by atoms with van der Waals surface area (Å²) >= 11 is 1.72. The normalized spacial score (nSPS) is 18.6. The molecule has 1 aromatic heterocycles. The highest BCUT2D eigenvalue weighted by atomic mass is 35.5. The Kier molecular flexibility index (Phi) is 5.44. The van der Waals surface area contributed by atoms with Crippen molar-refractivity contribution in [1.29, 1.82) is 0 Å². The number of nitrogens with zero attached hydrogens (tertiary/aromatic N) is 2. The molecule has 3 heterocycles. The molecule has 1 amide bonds. The third-order valence-electron chi connectivity index (χ3n) is 5.78. The average molecular weight is 405 g/mol. The number of hydrogen-bond acceptors (Lipinski definition) is 4. The van der Waals surface area contributed by atoms with Gasteiger partial charge in [0.25, 0.3) is 5.91 Å². The van der Waals surface area contributed by atoms with Crippen molar-refractivity contribution in [2.45, 2.75) is 32.2 Å². The summed E-state index contributed by atoms with van der Waals surface area (Å²) in [6.07, 6.45) is 4.59. The van der Waals surface area contributed by atoms with E-state index in [1.165, 1.54) is 28.0 Å². The van der Waals surface area contributed by atoms with Gasteiger partial charge in [0, 0.05) is 44.0 Å². The lowest BCUT2D eigenvalue weighted by atomic mass is 10.1. The van der Waals surface area contributed by atoms with Crippen molar-refractivity contribution in [1.82, 2.24) is 9.80 Å². The van der Waals surface area contributed by atoms with Gasteiger partial charge in [-0.25, -0.2) is 0 Å². The van der Waals surface area contributed by atoms with E-state index in [1.807, 2.05) is 4.90 Å². The summed E-state index contributed by atoms with van der Waals surface area (Å²) in [6, 6.07) is 8.71. The number of fused-ring (bicyclic) bond motifs is 2. The molecule has 0 spiro atoms. The fraction of sp³-hybridized carbons (Fsp3) is 0.476. The molecule has 0 saturated carbocycles. The molecule has 0 unspecified atom stereocenters. The predicted octanol–water partition coefficient (Wildman–Crippen LogP) is 3.55. The minimum atomic E-state index is 0. The van der Waals surface area contributed by atoms with Crippen molar-refractivity contribution < 1.29 is 9.53 Å². The summed E-state index contributed by atoms with van der Waals surface area (Å²) in [6.45, 7) is 5.33. The van der Waals surface area contributed by atoms with E-state index >= 15 is 0 Å². The van der Waals surface area contributed by atoms with Gasteiger partial charge in [0.05, 0.1) is 11.5 Å². The minimum Gasteiger partial charge on any atom is -0.493 e. The van der Waals surface area contributed by atoms with Gasteiger partial charge in [0.15, 0.2) is 0 Å². The van der Waals surface area contributed by atoms with Gasteiger partial charge in [-0.15, -0.1) is 23.7 Å². The van der Waals surface area contributed by atoms with E-state index in [4.69, 9.17) is 4.74 Å². The summed E-state index contributed by atoms with van der Waals surface area (Å²) < 4.78 is 5.59. The van der Waals surface area contributed by atoms with E-state index in [-0.39, 0.29) is 18.3 Å². The quantitative estimate of drug-likeness (QED) is 0.784. The second-order valence-electron chi connectivity index (χ2n) is 7.52. The highest BCUT2D eigenvalue weighted by Gasteiger charge is 2.25. The van der Waals surface area contributed by atoms with Gasteiger partial charge in [0.1, 0.15) is 5.75 Å². The number of halogens is 1. The van der Waals surface area contributed by atoms with Gasteiger partial charge in [-0.1, -0.05) is 12.1 Å². The Hall–Kier alpha value is -1.56. The Morgan fingerprint density at radius 2 is 1.89 bits per heavy atom. The Balaban J connectivity index is 0.00000180. The van der Waals surface area contributed by atoms with E-state index in [2.05, 4.69) is 29.2 Å². The molecular weight excluding hydrogens is 380 g/mol. The maximum absolute atomic E-state index is 12.8. The van der Waals surface area contributed by atoms with E-state index in [9.17, 15) is 4.79 Å². The second-order valence-corrected chi connectivity index (χ2v) is 8.66. The largest absolute Gasteiger partial charge is 0.493 e. The predicted molar refractivity (Wildman–Crippen MR) is 110 cm³/mol. The van der Waals surface area contributed by atoms with Crippen molar-refractivity contribution in [2.24, 2.45) is 0 Å². The van der Waals surface area contributed by atoms with Gasteiger partial charge in [0.2, 0.25) is 0 Å². The molecule has 2 aromatic rings. The van der Waals surface area contributed by atoms with Crippen LogP contribution in [-0.2, 0) is 25.8 Å². The van der Waals surface area contributed by atoms with Gasteiger partial charge in [-0.3, -0.25) is 9.69 Å². The Bertz CT molecular complexity index is 821. The number of carbonyl (C=O) groups excluding carboxylic acids is 1. The summed E-state index contributed by atoms with van der Waals surface area (Å²) in [4.78, 5) is 19.7. The van der Waals surface area contributed by atoms with Crippen LogP contribution in [0.15, 0.2) is 24.3 Å². The van der Waals surface area contributed by atoms with Crippen molar-refractivity contribution in [3.8, 4) is 5.75 Å². The maximum Gasteiger partial charge on any atom is 0.264 e. The molecule has 4 nitrogen and oxygen atoms in total. The van der Waals surface area contributed by atoms with Gasteiger partial charge < -0.3 is 9.64 Å². The van der Waals surface area contributed by atoms with Crippen LogP contribution in [0.1, 0.15) is 37.7 Å². The molecule has 1 saturated heterocycles. The minimum absolute atomic E-state index is 0. The standard InChI is InChI=1S/C21H24N2O2S.ClH/c24-21(20-13-17-2-1-3-19(17)26-20)23-9-7-22(8-10-23)14-15-4-5-18-16(12-15)6-11-25-18;/h4-5,12-13H,1-3,6-11,14H2;1H. The maximum atomic E-state index is 12.8. The van der Waals surface area contributed by atoms with E-state index in [1.54, 1.807) is 11.3 Å². The zero-order valence-corrected chi connectivity index (χ0v) is 17.0. The molecule has 1 fully saturated rings. The first-order chi connectivity index (χ1) is 12.8. The first-order valence-corrected chi connectivity index (χ1v) is 10.5. The molecular formula is C21H25ClN2O2S. The molecule has 1 aliphatic carbocycles. The first-order valence-electron chi connectivity index (χ1n) is 9.64. The van der Waals surface area contributed by atoms with Gasteiger partial charge >= 0.3 is 0 Å². The number of rotatable bonds is 3. The monoisotopic (exact) mass is 404 g/mol. The number of aryl methyl sites for hydroxylation is 2. The van der Waals surface area contributed by atoms with Crippen molar-refractivity contribution >= 4 is 29.7 Å². The molecule has 27 heavy (non-hydrogen) atoms. The molecule has 5 rings (SSSR count). The second kappa shape index (κ2) is 7.82. The fourth-order valence-electron chi connectivity index (χ4n) is 4.30. The summed E-state index contributed by atoms with van der Waals surface area (Å²) in [5, 5.41) is 0. The number of benzene rings is 1. The number of amides is 1. The zero-order chi connectivity index (χ0) is 17.5. The molecule has 0 atom stereocenters. The highest BCUT2D eigenvalue weighted by Crippen LogP contribution is 2.31.